The number of hydrogen-bond donors (Lipinski definition) is 1. The van der Waals surface area contributed by atoms with Gasteiger partial charge in [0.25, 0.3) is 0 Å². The maximum absolute atomic E-state index is 5.67. The highest BCUT2D eigenvalue weighted by atomic mass is 16.5. The van der Waals surface area contributed by atoms with Gasteiger partial charge < -0.3 is 15.2 Å². The smallest absolute Gasteiger partial charge is 0.321 e. The summed E-state index contributed by atoms with van der Waals surface area (Å²) in [7, 11) is 0. The van der Waals surface area contributed by atoms with Gasteiger partial charge in [-0.05, 0) is 26.0 Å². The molecule has 0 bridgehead atoms. The number of aromatic nitrogens is 3. The molecule has 0 aliphatic rings. The third kappa shape index (κ3) is 3.09. The number of anilines is 1. The van der Waals surface area contributed by atoms with Gasteiger partial charge in [0.2, 0.25) is 5.95 Å². The van der Waals surface area contributed by atoms with Gasteiger partial charge in [-0.2, -0.15) is 15.0 Å². The lowest BCUT2D eigenvalue weighted by atomic mass is 10.2. The molecule has 0 spiro atoms. The Morgan fingerprint density at radius 3 is 2.47 bits per heavy atom. The van der Waals surface area contributed by atoms with E-state index >= 15 is 0 Å². The Morgan fingerprint density at radius 2 is 1.74 bits per heavy atom. The summed E-state index contributed by atoms with van der Waals surface area (Å²) in [5.74, 6) is 1.28. The second-order valence-corrected chi connectivity index (χ2v) is 3.66. The number of benzene rings is 1. The molecule has 0 radical (unpaired) electrons. The normalized spacial score (nSPS) is 10.2. The summed E-state index contributed by atoms with van der Waals surface area (Å²) in [6.45, 7) is 4.81. The van der Waals surface area contributed by atoms with Crippen molar-refractivity contribution in [1.82, 2.24) is 15.0 Å². The van der Waals surface area contributed by atoms with Crippen molar-refractivity contribution in [2.75, 3.05) is 18.9 Å². The standard InChI is InChI=1S/C13H16N4O2/c1-3-18-10-8-6-5-7-9(10)11-15-12(14)17-13(16-11)19-4-2/h5-8H,3-4H2,1-2H3,(H2,14,15,16,17). The molecule has 0 amide bonds. The minimum Gasteiger partial charge on any atom is -0.493 e. The monoisotopic (exact) mass is 260 g/mol. The molecule has 2 rings (SSSR count). The van der Waals surface area contributed by atoms with Gasteiger partial charge in [0, 0.05) is 0 Å². The Balaban J connectivity index is 2.46. The number of para-hydroxylation sites is 1. The molecule has 6 heteroatoms. The fourth-order valence-corrected chi connectivity index (χ4v) is 1.62. The Labute approximate surface area is 111 Å². The quantitative estimate of drug-likeness (QED) is 0.884. The van der Waals surface area contributed by atoms with Gasteiger partial charge in [-0.25, -0.2) is 0 Å². The van der Waals surface area contributed by atoms with Gasteiger partial charge in [-0.15, -0.1) is 0 Å². The van der Waals surface area contributed by atoms with Crippen molar-refractivity contribution in [2.24, 2.45) is 0 Å². The Morgan fingerprint density at radius 1 is 1.00 bits per heavy atom. The van der Waals surface area contributed by atoms with Crippen LogP contribution in [-0.4, -0.2) is 28.2 Å². The lowest BCUT2D eigenvalue weighted by molar-refractivity contribution is 0.312. The maximum Gasteiger partial charge on any atom is 0.321 e. The van der Waals surface area contributed by atoms with Crippen LogP contribution >= 0.6 is 0 Å². The summed E-state index contributed by atoms with van der Waals surface area (Å²) in [5, 5.41) is 0. The van der Waals surface area contributed by atoms with Gasteiger partial charge in [0.1, 0.15) is 5.75 Å². The van der Waals surface area contributed by atoms with Crippen LogP contribution in [0, 0.1) is 0 Å². The van der Waals surface area contributed by atoms with Crippen molar-refractivity contribution in [1.29, 1.82) is 0 Å². The largest absolute Gasteiger partial charge is 0.493 e. The van der Waals surface area contributed by atoms with Crippen molar-refractivity contribution in [3.05, 3.63) is 24.3 Å². The SMILES string of the molecule is CCOc1nc(N)nc(-c2ccccc2OCC)n1. The fraction of sp³-hybridized carbons (Fsp3) is 0.308. The Hall–Kier alpha value is -2.37. The predicted molar refractivity (Wildman–Crippen MR) is 72.0 cm³/mol. The van der Waals surface area contributed by atoms with E-state index in [1.54, 1.807) is 0 Å². The van der Waals surface area contributed by atoms with Crippen molar-refractivity contribution >= 4 is 5.95 Å². The molecular formula is C13H16N4O2. The summed E-state index contributed by atoms with van der Waals surface area (Å²) < 4.78 is 10.8. The third-order valence-corrected chi connectivity index (χ3v) is 2.33. The van der Waals surface area contributed by atoms with Gasteiger partial charge in [-0.3, -0.25) is 0 Å². The molecule has 2 aromatic rings. The van der Waals surface area contributed by atoms with Crippen LogP contribution in [0.5, 0.6) is 11.8 Å². The molecule has 0 aliphatic carbocycles. The minimum absolute atomic E-state index is 0.125. The molecule has 0 fully saturated rings. The molecule has 2 N–H and O–H groups in total. The second-order valence-electron chi connectivity index (χ2n) is 3.66. The van der Waals surface area contributed by atoms with Crippen LogP contribution in [0.3, 0.4) is 0 Å². The molecule has 6 nitrogen and oxygen atoms in total. The maximum atomic E-state index is 5.67. The zero-order valence-electron chi connectivity index (χ0n) is 11.0. The van der Waals surface area contributed by atoms with Crippen LogP contribution in [0.2, 0.25) is 0 Å². The first-order valence-corrected chi connectivity index (χ1v) is 6.11. The molecule has 1 aromatic heterocycles. The zero-order valence-corrected chi connectivity index (χ0v) is 11.0. The van der Waals surface area contributed by atoms with Gasteiger partial charge in [-0.1, -0.05) is 12.1 Å². The molecule has 0 saturated heterocycles. The van der Waals surface area contributed by atoms with Gasteiger partial charge in [0.15, 0.2) is 5.82 Å². The first-order valence-electron chi connectivity index (χ1n) is 6.11. The number of hydrogen-bond acceptors (Lipinski definition) is 6. The number of nitrogens with zero attached hydrogens (tertiary/aromatic N) is 3. The van der Waals surface area contributed by atoms with Crippen LogP contribution < -0.4 is 15.2 Å². The highest BCUT2D eigenvalue weighted by Crippen LogP contribution is 2.28. The molecule has 0 unspecified atom stereocenters. The highest BCUT2D eigenvalue weighted by Gasteiger charge is 2.12. The summed E-state index contributed by atoms with van der Waals surface area (Å²) in [6, 6.07) is 7.73. The van der Waals surface area contributed by atoms with Crippen LogP contribution in [0.4, 0.5) is 5.95 Å². The molecule has 0 saturated carbocycles. The first-order chi connectivity index (χ1) is 9.24. The number of nitrogen functional groups attached to an aromatic ring is 1. The van der Waals surface area contributed by atoms with Crippen LogP contribution in [-0.2, 0) is 0 Å². The van der Waals surface area contributed by atoms with Gasteiger partial charge >= 0.3 is 6.01 Å². The zero-order chi connectivity index (χ0) is 13.7. The molecular weight excluding hydrogens is 244 g/mol. The predicted octanol–water partition coefficient (Wildman–Crippen LogP) is 1.92. The topological polar surface area (TPSA) is 83.2 Å². The average molecular weight is 260 g/mol. The van der Waals surface area contributed by atoms with Crippen molar-refractivity contribution in [2.45, 2.75) is 13.8 Å². The van der Waals surface area contributed by atoms with E-state index in [9.17, 15) is 0 Å². The molecule has 1 aromatic carbocycles. The van der Waals surface area contributed by atoms with E-state index in [4.69, 9.17) is 15.2 Å². The summed E-state index contributed by atoms with van der Waals surface area (Å²) in [6.07, 6.45) is 0. The van der Waals surface area contributed by atoms with Crippen LogP contribution in [0.15, 0.2) is 24.3 Å². The van der Waals surface area contributed by atoms with E-state index in [-0.39, 0.29) is 12.0 Å². The second kappa shape index (κ2) is 5.99. The number of nitrogens with two attached hydrogens (primary N) is 1. The molecule has 0 atom stereocenters. The number of rotatable bonds is 5. The van der Waals surface area contributed by atoms with Crippen molar-refractivity contribution in [3.8, 4) is 23.1 Å². The van der Waals surface area contributed by atoms with Crippen molar-refractivity contribution in [3.63, 3.8) is 0 Å². The lowest BCUT2D eigenvalue weighted by Gasteiger charge is -2.09. The van der Waals surface area contributed by atoms with E-state index in [0.717, 1.165) is 5.56 Å². The minimum atomic E-state index is 0.125. The lowest BCUT2D eigenvalue weighted by Crippen LogP contribution is -2.05. The Bertz CT molecular complexity index is 560. The third-order valence-electron chi connectivity index (χ3n) is 2.33. The van der Waals surface area contributed by atoms with E-state index in [0.29, 0.717) is 24.8 Å². The van der Waals surface area contributed by atoms with Crippen molar-refractivity contribution < 1.29 is 9.47 Å². The fourth-order valence-electron chi connectivity index (χ4n) is 1.62. The van der Waals surface area contributed by atoms with E-state index < -0.39 is 0 Å². The molecule has 0 aliphatic heterocycles. The van der Waals surface area contributed by atoms with E-state index in [1.165, 1.54) is 0 Å². The van der Waals surface area contributed by atoms with Crippen LogP contribution in [0.25, 0.3) is 11.4 Å². The molecule has 1 heterocycles. The Kier molecular flexibility index (Phi) is 4.12. The van der Waals surface area contributed by atoms with Gasteiger partial charge in [0.05, 0.1) is 18.8 Å². The summed E-state index contributed by atoms with van der Waals surface area (Å²) in [4.78, 5) is 12.3. The highest BCUT2D eigenvalue weighted by molar-refractivity contribution is 5.64. The van der Waals surface area contributed by atoms with Crippen LogP contribution in [0.1, 0.15) is 13.8 Å². The first kappa shape index (κ1) is 13.1. The van der Waals surface area contributed by atoms with E-state index in [2.05, 4.69) is 15.0 Å². The molecule has 100 valence electrons. The average Bonchev–Trinajstić information content (AvgIpc) is 2.39. The molecule has 19 heavy (non-hydrogen) atoms. The summed E-state index contributed by atoms with van der Waals surface area (Å²) >= 11 is 0. The number of ether oxygens (including phenoxy) is 2. The van der Waals surface area contributed by atoms with E-state index in [1.807, 2.05) is 38.1 Å². The summed E-state index contributed by atoms with van der Waals surface area (Å²) in [5.41, 5.74) is 6.43.